The maximum absolute atomic E-state index is 10.2. The SMILES string of the molecule is CCC(C)C(N=O)C(=O)O.[CaH2]. The fraction of sp³-hybridized carbons (Fsp3) is 0.833. The fourth-order valence-electron chi connectivity index (χ4n) is 0.616. The van der Waals surface area contributed by atoms with Crippen LogP contribution in [0.2, 0.25) is 0 Å². The Morgan fingerprint density at radius 2 is 2.09 bits per heavy atom. The Balaban J connectivity index is 0. The molecule has 0 aromatic heterocycles. The van der Waals surface area contributed by atoms with Crippen LogP contribution in [0.25, 0.3) is 0 Å². The quantitative estimate of drug-likeness (QED) is 0.509. The van der Waals surface area contributed by atoms with Gasteiger partial charge in [-0.2, -0.15) is 0 Å². The molecule has 62 valence electrons. The van der Waals surface area contributed by atoms with Crippen molar-refractivity contribution in [3.8, 4) is 0 Å². The van der Waals surface area contributed by atoms with Crippen LogP contribution < -0.4 is 0 Å². The number of aliphatic carboxylic acids is 1. The van der Waals surface area contributed by atoms with Gasteiger partial charge in [0, 0.05) is 0 Å². The molecule has 0 aromatic rings. The number of carboxylic acid groups (broad SMARTS) is 1. The molecule has 0 aliphatic carbocycles. The minimum atomic E-state index is -1.13. The van der Waals surface area contributed by atoms with Gasteiger partial charge >= 0.3 is 43.7 Å². The van der Waals surface area contributed by atoms with E-state index < -0.39 is 12.0 Å². The van der Waals surface area contributed by atoms with E-state index in [4.69, 9.17) is 5.11 Å². The molecule has 0 radical (unpaired) electrons. The van der Waals surface area contributed by atoms with E-state index in [9.17, 15) is 9.70 Å². The molecule has 0 saturated carbocycles. The molecule has 5 heteroatoms. The van der Waals surface area contributed by atoms with E-state index in [1.807, 2.05) is 6.92 Å². The van der Waals surface area contributed by atoms with Gasteiger partial charge < -0.3 is 5.11 Å². The van der Waals surface area contributed by atoms with E-state index in [2.05, 4.69) is 5.18 Å². The summed E-state index contributed by atoms with van der Waals surface area (Å²) in [6, 6.07) is -1.08. The van der Waals surface area contributed by atoms with Gasteiger partial charge in [0.2, 0.25) is 0 Å². The van der Waals surface area contributed by atoms with Gasteiger partial charge in [0.1, 0.15) is 0 Å². The zero-order valence-corrected chi connectivity index (χ0v) is 6.07. The molecule has 0 bridgehead atoms. The first kappa shape index (κ1) is 13.9. The summed E-state index contributed by atoms with van der Waals surface area (Å²) in [5.74, 6) is -1.31. The number of carboxylic acids is 1. The van der Waals surface area contributed by atoms with E-state index in [1.165, 1.54) is 0 Å². The number of nitrogens with zero attached hydrogens (tertiary/aromatic N) is 1. The summed E-state index contributed by atoms with van der Waals surface area (Å²) in [5, 5.41) is 10.9. The van der Waals surface area contributed by atoms with Crippen LogP contribution in [0.15, 0.2) is 5.18 Å². The third kappa shape index (κ3) is 4.71. The summed E-state index contributed by atoms with van der Waals surface area (Å²) in [5.41, 5.74) is 0. The first-order valence-electron chi connectivity index (χ1n) is 3.18. The summed E-state index contributed by atoms with van der Waals surface area (Å²) in [4.78, 5) is 20.2. The zero-order chi connectivity index (χ0) is 8.15. The predicted molar refractivity (Wildman–Crippen MR) is 45.2 cm³/mol. The van der Waals surface area contributed by atoms with E-state index in [-0.39, 0.29) is 43.7 Å². The van der Waals surface area contributed by atoms with Crippen LogP contribution >= 0.6 is 0 Å². The van der Waals surface area contributed by atoms with Crippen molar-refractivity contribution in [2.75, 3.05) is 0 Å². The predicted octanol–water partition coefficient (Wildman–Crippen LogP) is 0.336. The summed E-state index contributed by atoms with van der Waals surface area (Å²) in [6.45, 7) is 3.52. The summed E-state index contributed by atoms with van der Waals surface area (Å²) in [7, 11) is 0. The van der Waals surface area contributed by atoms with Crippen molar-refractivity contribution in [1.29, 1.82) is 0 Å². The van der Waals surface area contributed by atoms with Gasteiger partial charge in [-0.05, 0) is 5.92 Å². The second kappa shape index (κ2) is 7.00. The van der Waals surface area contributed by atoms with Crippen LogP contribution in [0.1, 0.15) is 20.3 Å². The first-order chi connectivity index (χ1) is 4.63. The van der Waals surface area contributed by atoms with Gasteiger partial charge in [-0.15, -0.1) is 4.91 Å². The second-order valence-electron chi connectivity index (χ2n) is 2.27. The van der Waals surface area contributed by atoms with Gasteiger partial charge in [0.05, 0.1) is 0 Å². The van der Waals surface area contributed by atoms with E-state index >= 15 is 0 Å². The molecule has 2 unspecified atom stereocenters. The van der Waals surface area contributed by atoms with Crippen LogP contribution in [0.5, 0.6) is 0 Å². The molecule has 0 aliphatic heterocycles. The monoisotopic (exact) mass is 187 g/mol. The van der Waals surface area contributed by atoms with Crippen LogP contribution in [0.4, 0.5) is 0 Å². The average Bonchev–Trinajstić information content (AvgIpc) is 1.88. The number of nitroso groups, excluding NO2 is 1. The summed E-state index contributed by atoms with van der Waals surface area (Å²) < 4.78 is 0. The maximum atomic E-state index is 10.2. The standard InChI is InChI=1S/C6H11NO3.Ca.2H/c1-3-4(2)5(7-10)6(8)9;;;/h4-5H,3H2,1-2H3,(H,8,9);;;. The first-order valence-corrected chi connectivity index (χ1v) is 3.18. The van der Waals surface area contributed by atoms with Crippen LogP contribution in [0.3, 0.4) is 0 Å². The molecule has 0 aliphatic rings. The van der Waals surface area contributed by atoms with Gasteiger partial charge in [0.25, 0.3) is 0 Å². The van der Waals surface area contributed by atoms with E-state index in [0.29, 0.717) is 6.42 Å². The number of rotatable bonds is 4. The Morgan fingerprint density at radius 3 is 2.18 bits per heavy atom. The Morgan fingerprint density at radius 1 is 1.64 bits per heavy atom. The third-order valence-electron chi connectivity index (χ3n) is 1.55. The van der Waals surface area contributed by atoms with Crippen molar-refractivity contribution in [2.45, 2.75) is 26.3 Å². The molecule has 0 saturated heterocycles. The molecular weight excluding hydrogens is 174 g/mol. The summed E-state index contributed by atoms with van der Waals surface area (Å²) in [6.07, 6.45) is 0.655. The fourth-order valence-corrected chi connectivity index (χ4v) is 0.616. The molecule has 11 heavy (non-hydrogen) atoms. The second-order valence-corrected chi connectivity index (χ2v) is 2.27. The van der Waals surface area contributed by atoms with Gasteiger partial charge in [-0.25, -0.2) is 4.79 Å². The molecule has 0 rings (SSSR count). The average molecular weight is 187 g/mol. The van der Waals surface area contributed by atoms with Gasteiger partial charge in [-0.1, -0.05) is 25.4 Å². The molecule has 0 fully saturated rings. The minimum absolute atomic E-state index is 0. The third-order valence-corrected chi connectivity index (χ3v) is 1.55. The normalized spacial score (nSPS) is 14.4. The van der Waals surface area contributed by atoms with Gasteiger partial charge in [0.15, 0.2) is 6.04 Å². The number of hydrogen-bond donors (Lipinski definition) is 1. The molecule has 0 amide bonds. The molecule has 0 aromatic carbocycles. The summed E-state index contributed by atoms with van der Waals surface area (Å²) >= 11 is 0. The topological polar surface area (TPSA) is 66.7 Å². The van der Waals surface area contributed by atoms with Crippen LogP contribution in [-0.2, 0) is 4.79 Å². The van der Waals surface area contributed by atoms with Crippen molar-refractivity contribution < 1.29 is 9.90 Å². The Labute approximate surface area is 95.3 Å². The molecule has 4 nitrogen and oxygen atoms in total. The van der Waals surface area contributed by atoms with E-state index in [1.54, 1.807) is 6.92 Å². The molecule has 0 spiro atoms. The molecule has 0 heterocycles. The van der Waals surface area contributed by atoms with Crippen molar-refractivity contribution in [1.82, 2.24) is 0 Å². The Hall–Kier alpha value is 0.330. The zero-order valence-electron chi connectivity index (χ0n) is 6.07. The van der Waals surface area contributed by atoms with Crippen LogP contribution in [0, 0.1) is 10.8 Å². The van der Waals surface area contributed by atoms with Crippen molar-refractivity contribution >= 4 is 43.7 Å². The van der Waals surface area contributed by atoms with Crippen molar-refractivity contribution in [2.24, 2.45) is 11.1 Å². The van der Waals surface area contributed by atoms with Gasteiger partial charge in [-0.3, -0.25) is 0 Å². The molecule has 2 atom stereocenters. The Bertz CT molecular complexity index is 140. The molecule has 1 N–H and O–H groups in total. The van der Waals surface area contributed by atoms with Crippen molar-refractivity contribution in [3.63, 3.8) is 0 Å². The Kier molecular flexibility index (Phi) is 8.84. The molecular formula is C6H13CaNO3. The number of carbonyl (C=O) groups is 1. The van der Waals surface area contributed by atoms with E-state index in [0.717, 1.165) is 0 Å². The number of hydrogen-bond acceptors (Lipinski definition) is 3. The van der Waals surface area contributed by atoms with Crippen LogP contribution in [-0.4, -0.2) is 54.9 Å². The van der Waals surface area contributed by atoms with Crippen molar-refractivity contribution in [3.05, 3.63) is 4.91 Å².